The Kier molecular flexibility index (Phi) is 7.77. The van der Waals surface area contributed by atoms with Crippen LogP contribution in [0.1, 0.15) is 32.1 Å². The Morgan fingerprint density at radius 2 is 1.52 bits per heavy atom. The number of rotatable bonds is 2. The van der Waals surface area contributed by atoms with Crippen molar-refractivity contribution in [2.45, 2.75) is 44.3 Å². The molecule has 0 saturated heterocycles. The molecule has 2 N–H and O–H groups in total. The van der Waals surface area contributed by atoms with Gasteiger partial charge in [0.2, 0.25) is 0 Å². The summed E-state index contributed by atoms with van der Waals surface area (Å²) in [5, 5.41) is 20.2. The van der Waals surface area contributed by atoms with Crippen LogP contribution in [0.4, 0.5) is 0 Å². The van der Waals surface area contributed by atoms with Crippen molar-refractivity contribution in [2.75, 3.05) is 0 Å². The maximum atomic E-state index is 9.59. The molecule has 173 valence electrons. The normalized spacial score (nSPS) is 23.8. The number of aromatic nitrogens is 2. The predicted molar refractivity (Wildman–Crippen MR) is 127 cm³/mol. The monoisotopic (exact) mass is 618 g/mol. The van der Waals surface area contributed by atoms with Gasteiger partial charge in [-0.25, -0.2) is 0 Å². The molecule has 5 heteroatoms. The molecule has 33 heavy (non-hydrogen) atoms. The van der Waals surface area contributed by atoms with E-state index in [1.807, 2.05) is 48.7 Å². The minimum atomic E-state index is -0.216. The van der Waals surface area contributed by atoms with Crippen LogP contribution in [-0.2, 0) is 20.1 Å². The van der Waals surface area contributed by atoms with Crippen molar-refractivity contribution in [1.82, 2.24) is 9.55 Å². The first-order chi connectivity index (χ1) is 15.7. The fourth-order valence-electron chi connectivity index (χ4n) is 5.38. The van der Waals surface area contributed by atoms with Crippen molar-refractivity contribution in [3.8, 4) is 17.1 Å². The van der Waals surface area contributed by atoms with Gasteiger partial charge in [-0.15, -0.1) is 23.6 Å². The zero-order chi connectivity index (χ0) is 21.9. The Labute approximate surface area is 208 Å². The maximum Gasteiger partial charge on any atom is 0.0595 e. The Hall–Kier alpha value is -2.30. The second-order valence-corrected chi connectivity index (χ2v) is 8.86. The largest absolute Gasteiger partial charge is 0.393 e. The summed E-state index contributed by atoms with van der Waals surface area (Å²) < 4.78 is 2.21. The van der Waals surface area contributed by atoms with Crippen molar-refractivity contribution < 1.29 is 30.3 Å². The van der Waals surface area contributed by atoms with E-state index in [-0.39, 0.29) is 38.2 Å². The molecule has 2 aromatic carbocycles. The van der Waals surface area contributed by atoms with E-state index < -0.39 is 0 Å². The summed E-state index contributed by atoms with van der Waals surface area (Å²) in [6.45, 7) is 0. The Balaban J connectivity index is 0.000000183. The van der Waals surface area contributed by atoms with Crippen molar-refractivity contribution >= 4 is 10.9 Å². The van der Waals surface area contributed by atoms with Gasteiger partial charge in [0.05, 0.1) is 12.2 Å². The number of para-hydroxylation sites is 2. The van der Waals surface area contributed by atoms with E-state index in [1.54, 1.807) is 0 Å². The quantitative estimate of drug-likeness (QED) is 0.296. The molecule has 0 spiro atoms. The molecule has 0 bridgehead atoms. The molecule has 2 fully saturated rings. The van der Waals surface area contributed by atoms with Crippen LogP contribution in [0.5, 0.6) is 0 Å². The molecule has 1 radical (unpaired) electrons. The molecular formula is C28H29IrN2O2-. The first-order valence-electron chi connectivity index (χ1n) is 11.6. The van der Waals surface area contributed by atoms with Gasteiger partial charge < -0.3 is 19.8 Å². The Bertz CT molecular complexity index is 1160. The molecule has 6 rings (SSSR count). The number of benzene rings is 2. The molecule has 4 aromatic rings. The van der Waals surface area contributed by atoms with E-state index >= 15 is 0 Å². The zero-order valence-electron chi connectivity index (χ0n) is 18.5. The van der Waals surface area contributed by atoms with Gasteiger partial charge in [0, 0.05) is 43.6 Å². The van der Waals surface area contributed by atoms with Gasteiger partial charge in [-0.2, -0.15) is 0 Å². The molecule has 4 unspecified atom stereocenters. The third-order valence-electron chi connectivity index (χ3n) is 6.88. The number of fused-ring (bicyclic) bond motifs is 2. The number of aliphatic hydroxyl groups excluding tert-OH is 2. The molecular weight excluding hydrogens is 589 g/mol. The maximum absolute atomic E-state index is 9.59. The summed E-state index contributed by atoms with van der Waals surface area (Å²) in [5.74, 6) is 0.831. The van der Waals surface area contributed by atoms with Crippen LogP contribution >= 0.6 is 0 Å². The van der Waals surface area contributed by atoms with Crippen LogP contribution < -0.4 is 0 Å². The number of nitrogens with zero attached hydrogens (tertiary/aromatic N) is 2. The number of hydrogen-bond donors (Lipinski definition) is 2. The standard InChI is InChI=1S/C19H13N2.C9H16O2.Ir/c1-2-9-16(10-3-1)21-18-12-5-4-8-15(18)14-19(21)17-11-6-7-13-20-17;10-7-3-1-2-6-4-5-8(11)9(6)7;/h1-13H;6-11H,1-5H2;/q-1;;. The van der Waals surface area contributed by atoms with Gasteiger partial charge in [-0.1, -0.05) is 48.9 Å². The summed E-state index contributed by atoms with van der Waals surface area (Å²) in [5.41, 5.74) is 4.18. The second-order valence-electron chi connectivity index (χ2n) is 8.86. The molecule has 4 atom stereocenters. The number of aliphatic hydroxyl groups is 2. The van der Waals surface area contributed by atoms with Crippen LogP contribution in [0.15, 0.2) is 79.0 Å². The summed E-state index contributed by atoms with van der Waals surface area (Å²) in [6, 6.07) is 28.1. The van der Waals surface area contributed by atoms with E-state index in [2.05, 4.69) is 45.9 Å². The third-order valence-corrected chi connectivity index (χ3v) is 6.88. The van der Waals surface area contributed by atoms with Gasteiger partial charge in [0.15, 0.2) is 0 Å². The van der Waals surface area contributed by atoms with Crippen molar-refractivity contribution in [3.63, 3.8) is 0 Å². The minimum absolute atomic E-state index is 0. The van der Waals surface area contributed by atoms with Gasteiger partial charge in [-0.05, 0) is 61.0 Å². The molecule has 2 heterocycles. The van der Waals surface area contributed by atoms with Crippen molar-refractivity contribution in [1.29, 1.82) is 0 Å². The van der Waals surface area contributed by atoms with Gasteiger partial charge in [0.1, 0.15) is 0 Å². The van der Waals surface area contributed by atoms with E-state index in [9.17, 15) is 10.2 Å². The van der Waals surface area contributed by atoms with Crippen LogP contribution in [0.25, 0.3) is 28.0 Å². The predicted octanol–water partition coefficient (Wildman–Crippen LogP) is 5.41. The summed E-state index contributed by atoms with van der Waals surface area (Å²) >= 11 is 0. The average Bonchev–Trinajstić information content (AvgIpc) is 3.42. The van der Waals surface area contributed by atoms with E-state index in [0.29, 0.717) is 5.92 Å². The molecule has 2 aromatic heterocycles. The average molecular weight is 618 g/mol. The second kappa shape index (κ2) is 10.8. The van der Waals surface area contributed by atoms with Crippen molar-refractivity contribution in [2.24, 2.45) is 11.8 Å². The molecule has 2 aliphatic rings. The summed E-state index contributed by atoms with van der Waals surface area (Å²) in [7, 11) is 0. The van der Waals surface area contributed by atoms with E-state index in [0.717, 1.165) is 53.7 Å². The summed E-state index contributed by atoms with van der Waals surface area (Å²) in [6.07, 6.45) is 6.69. The van der Waals surface area contributed by atoms with Crippen LogP contribution in [0, 0.1) is 17.9 Å². The Morgan fingerprint density at radius 1 is 0.788 bits per heavy atom. The minimum Gasteiger partial charge on any atom is -0.393 e. The zero-order valence-corrected chi connectivity index (χ0v) is 20.9. The third kappa shape index (κ3) is 4.97. The van der Waals surface area contributed by atoms with Crippen LogP contribution in [-0.4, -0.2) is 32.0 Å². The number of pyridine rings is 1. The fourth-order valence-corrected chi connectivity index (χ4v) is 5.38. The Morgan fingerprint density at radius 3 is 2.27 bits per heavy atom. The first kappa shape index (κ1) is 23.8. The smallest absolute Gasteiger partial charge is 0.0595 e. The van der Waals surface area contributed by atoms with Gasteiger partial charge in [-0.3, -0.25) is 0 Å². The SMILES string of the molecule is OC1CCCC2CCC(O)C12.[Ir].[c-]1c(-c2ccccn2)n(-c2ccccc2)c2ccccc12. The summed E-state index contributed by atoms with van der Waals surface area (Å²) in [4.78, 5) is 4.48. The molecule has 0 aliphatic heterocycles. The number of hydrogen-bond acceptors (Lipinski definition) is 3. The van der Waals surface area contributed by atoms with E-state index in [4.69, 9.17) is 0 Å². The van der Waals surface area contributed by atoms with E-state index in [1.165, 1.54) is 6.42 Å². The van der Waals surface area contributed by atoms with Crippen molar-refractivity contribution in [3.05, 3.63) is 85.1 Å². The topological polar surface area (TPSA) is 58.3 Å². The van der Waals surface area contributed by atoms with Gasteiger partial charge in [0.25, 0.3) is 0 Å². The molecule has 0 amide bonds. The first-order valence-corrected chi connectivity index (χ1v) is 11.6. The molecule has 2 saturated carbocycles. The van der Waals surface area contributed by atoms with Gasteiger partial charge >= 0.3 is 0 Å². The van der Waals surface area contributed by atoms with Crippen LogP contribution in [0.3, 0.4) is 0 Å². The molecule has 4 nitrogen and oxygen atoms in total. The van der Waals surface area contributed by atoms with Crippen LogP contribution in [0.2, 0.25) is 0 Å². The fraction of sp³-hybridized carbons (Fsp3) is 0.321. The molecule has 2 aliphatic carbocycles.